The van der Waals surface area contributed by atoms with Crippen LogP contribution in [0.25, 0.3) is 21.5 Å². The summed E-state index contributed by atoms with van der Waals surface area (Å²) in [5, 5.41) is 19.2. The fourth-order valence-electron chi connectivity index (χ4n) is 4.17. The summed E-state index contributed by atoms with van der Waals surface area (Å²) in [5.74, 6) is -0.274. The summed E-state index contributed by atoms with van der Waals surface area (Å²) in [7, 11) is 0. The predicted octanol–water partition coefficient (Wildman–Crippen LogP) is 4.29. The van der Waals surface area contributed by atoms with Crippen LogP contribution in [0.5, 0.6) is 0 Å². The molecule has 147 valence electrons. The van der Waals surface area contributed by atoms with Crippen LogP contribution in [0, 0.1) is 44.1 Å². The quantitative estimate of drug-likeness (QED) is 0.340. The number of rotatable bonds is 4. The van der Waals surface area contributed by atoms with Gasteiger partial charge in [-0.15, -0.1) is 0 Å². The number of hydrogen-bond donors (Lipinski definition) is 2. The number of nitrogens with one attached hydrogen (secondary N) is 1. The molecular weight excluding hydrogens is 587 g/mol. The van der Waals surface area contributed by atoms with Crippen molar-refractivity contribution in [1.29, 1.82) is 0 Å². The van der Waals surface area contributed by atoms with Crippen molar-refractivity contribution in [2.75, 3.05) is 0 Å². The molecule has 1 saturated heterocycles. The van der Waals surface area contributed by atoms with Gasteiger partial charge in [-0.05, 0) is 39.1 Å². The Morgan fingerprint density at radius 1 is 0.733 bits per heavy atom. The largest absolute Gasteiger partial charge is 0.284 e. The van der Waals surface area contributed by atoms with Crippen LogP contribution >= 0.6 is 0 Å². The number of hydrogen-bond acceptors (Lipinski definition) is 3. The molecule has 2 unspecified atom stereocenters. The number of benzene rings is 4. The fourth-order valence-corrected chi connectivity index (χ4v) is 4.17. The van der Waals surface area contributed by atoms with E-state index in [0.29, 0.717) is 12.8 Å². The zero-order chi connectivity index (χ0) is 19.8. The van der Waals surface area contributed by atoms with Gasteiger partial charge in [0.05, 0.1) is 6.04 Å². The third-order valence-electron chi connectivity index (χ3n) is 5.71. The Bertz CT molecular complexity index is 1210. The summed E-state index contributed by atoms with van der Waals surface area (Å²) in [4.78, 5) is 12.6. The second-order valence-corrected chi connectivity index (χ2v) is 7.69. The van der Waals surface area contributed by atoms with Gasteiger partial charge in [0.1, 0.15) is 6.17 Å². The van der Waals surface area contributed by atoms with Crippen LogP contribution in [-0.4, -0.2) is 28.4 Å². The van der Waals surface area contributed by atoms with Crippen LogP contribution in [0.2, 0.25) is 0 Å². The van der Waals surface area contributed by atoms with E-state index in [1.54, 1.807) is 0 Å². The van der Waals surface area contributed by atoms with Crippen molar-refractivity contribution in [3.05, 3.63) is 96.1 Å². The Balaban J connectivity index is 0.00000218. The molecule has 4 nitrogen and oxygen atoms in total. The summed E-state index contributed by atoms with van der Waals surface area (Å²) in [6, 6.07) is 28.4. The smallest absolute Gasteiger partial charge is 0.264 e. The van der Waals surface area contributed by atoms with Crippen molar-refractivity contribution in [1.82, 2.24) is 10.4 Å². The van der Waals surface area contributed by atoms with E-state index >= 15 is 0 Å². The predicted molar refractivity (Wildman–Crippen MR) is 115 cm³/mol. The van der Waals surface area contributed by atoms with Crippen molar-refractivity contribution in [2.45, 2.75) is 25.0 Å². The Labute approximate surface area is 211 Å². The first-order valence-electron chi connectivity index (χ1n) is 9.91. The van der Waals surface area contributed by atoms with E-state index in [0.717, 1.165) is 27.0 Å². The van der Waals surface area contributed by atoms with Crippen LogP contribution in [-0.2, 0) is 17.6 Å². The van der Waals surface area contributed by atoms with Gasteiger partial charge in [-0.3, -0.25) is 15.3 Å². The SMILES string of the molecule is O=C1C(Cc2ccc3ccccc3c2)NC(Cc2ccc3ccccc3c2)N1O.[Ac]. The molecule has 0 aromatic heterocycles. The zero-order valence-corrected chi connectivity index (χ0v) is 21.3. The van der Waals surface area contributed by atoms with Gasteiger partial charge in [0, 0.05) is 50.5 Å². The first kappa shape index (κ1) is 21.5. The monoisotopic (exact) mass is 609 g/mol. The van der Waals surface area contributed by atoms with Gasteiger partial charge in [0.25, 0.3) is 5.91 Å². The summed E-state index contributed by atoms with van der Waals surface area (Å²) < 4.78 is 0. The molecule has 1 radical (unpaired) electrons. The van der Waals surface area contributed by atoms with E-state index < -0.39 is 12.2 Å². The number of carbonyl (C=O) groups is 1. The Hall–Kier alpha value is -1.77. The number of hydroxylamine groups is 2. The van der Waals surface area contributed by atoms with Crippen molar-refractivity contribution in [3.8, 4) is 0 Å². The number of carbonyl (C=O) groups excluding carboxylic acids is 1. The third-order valence-corrected chi connectivity index (χ3v) is 5.71. The molecule has 0 aliphatic carbocycles. The first-order valence-corrected chi connectivity index (χ1v) is 9.91. The molecule has 5 heteroatoms. The number of fused-ring (bicyclic) bond motifs is 2. The van der Waals surface area contributed by atoms with Gasteiger partial charge in [-0.1, -0.05) is 84.9 Å². The second kappa shape index (κ2) is 9.16. The molecule has 30 heavy (non-hydrogen) atoms. The van der Waals surface area contributed by atoms with E-state index in [2.05, 4.69) is 66.0 Å². The molecule has 1 heterocycles. The minimum atomic E-state index is -0.424. The zero-order valence-electron chi connectivity index (χ0n) is 16.5. The van der Waals surface area contributed by atoms with Crippen molar-refractivity contribution < 1.29 is 54.1 Å². The molecule has 1 amide bonds. The molecular formula is C25H22AcN2O2. The summed E-state index contributed by atoms with van der Waals surface area (Å²) in [5.41, 5.74) is 2.16. The van der Waals surface area contributed by atoms with Crippen LogP contribution in [0.15, 0.2) is 84.9 Å². The van der Waals surface area contributed by atoms with Crippen molar-refractivity contribution in [2.24, 2.45) is 0 Å². The maximum atomic E-state index is 12.6. The average molecular weight is 609 g/mol. The molecule has 1 aliphatic heterocycles. The standard InChI is InChI=1S/C25H22N2O2.Ac/c28-25-23(15-17-9-11-19-5-1-3-7-21(19)13-17)26-24(27(25)29)16-18-10-12-20-6-2-4-8-22(20)14-18;/h1-14,23-24,26,29H,15-16H2;. The topological polar surface area (TPSA) is 52.6 Å². The summed E-state index contributed by atoms with van der Waals surface area (Å²) >= 11 is 0. The maximum Gasteiger partial charge on any atom is 0.264 e. The summed E-state index contributed by atoms with van der Waals surface area (Å²) in [6.45, 7) is 0. The van der Waals surface area contributed by atoms with Crippen LogP contribution in [0.1, 0.15) is 11.1 Å². The molecule has 5 rings (SSSR count). The third kappa shape index (κ3) is 4.31. The summed E-state index contributed by atoms with van der Waals surface area (Å²) in [6.07, 6.45) is 0.685. The van der Waals surface area contributed by atoms with Gasteiger partial charge in [0.15, 0.2) is 0 Å². The Kier molecular flexibility index (Phi) is 6.55. The van der Waals surface area contributed by atoms with E-state index in [-0.39, 0.29) is 50.0 Å². The van der Waals surface area contributed by atoms with E-state index in [1.807, 2.05) is 24.3 Å². The van der Waals surface area contributed by atoms with Crippen LogP contribution in [0.4, 0.5) is 0 Å². The van der Waals surface area contributed by atoms with Crippen molar-refractivity contribution >= 4 is 27.5 Å². The van der Waals surface area contributed by atoms with E-state index in [4.69, 9.17) is 0 Å². The molecule has 0 spiro atoms. The minimum absolute atomic E-state index is 0. The average Bonchev–Trinajstić information content (AvgIpc) is 3.01. The molecule has 2 N–H and O–H groups in total. The maximum absolute atomic E-state index is 12.6. The molecule has 4 aromatic rings. The molecule has 4 aromatic carbocycles. The Morgan fingerprint density at radius 2 is 1.23 bits per heavy atom. The van der Waals surface area contributed by atoms with Crippen molar-refractivity contribution in [3.63, 3.8) is 0 Å². The minimum Gasteiger partial charge on any atom is -0.284 e. The molecule has 1 fully saturated rings. The second-order valence-electron chi connectivity index (χ2n) is 7.69. The van der Waals surface area contributed by atoms with Gasteiger partial charge < -0.3 is 0 Å². The molecule has 2 atom stereocenters. The fraction of sp³-hybridized carbons (Fsp3) is 0.160. The molecule has 0 bridgehead atoms. The first-order chi connectivity index (χ1) is 14.2. The number of nitrogens with zero attached hydrogens (tertiary/aromatic N) is 1. The van der Waals surface area contributed by atoms with E-state index in [9.17, 15) is 10.0 Å². The normalized spacial score (nSPS) is 18.7. The van der Waals surface area contributed by atoms with Gasteiger partial charge in [0.2, 0.25) is 0 Å². The Morgan fingerprint density at radius 3 is 1.80 bits per heavy atom. The van der Waals surface area contributed by atoms with Gasteiger partial charge in [-0.2, -0.15) is 0 Å². The van der Waals surface area contributed by atoms with Crippen LogP contribution in [0.3, 0.4) is 0 Å². The van der Waals surface area contributed by atoms with Crippen LogP contribution < -0.4 is 5.32 Å². The molecule has 1 aliphatic rings. The van der Waals surface area contributed by atoms with E-state index in [1.165, 1.54) is 10.8 Å². The molecule has 0 saturated carbocycles. The van der Waals surface area contributed by atoms with Gasteiger partial charge >= 0.3 is 0 Å². The number of amides is 1. The van der Waals surface area contributed by atoms with Gasteiger partial charge in [-0.25, -0.2) is 5.06 Å².